The lowest BCUT2D eigenvalue weighted by atomic mass is 10.1. The zero-order chi connectivity index (χ0) is 10.8. The van der Waals surface area contributed by atoms with Gasteiger partial charge in [-0.1, -0.05) is 11.6 Å². The number of benzene rings is 1. The highest BCUT2D eigenvalue weighted by Crippen LogP contribution is 2.22. The zero-order valence-electron chi connectivity index (χ0n) is 7.90. The van der Waals surface area contributed by atoms with Crippen LogP contribution in [0.5, 0.6) is 0 Å². The molecular weight excluding hydrogens is 216 g/mol. The Labute approximate surface area is 90.9 Å². The van der Waals surface area contributed by atoms with Crippen LogP contribution < -0.4 is 0 Å². The van der Waals surface area contributed by atoms with Gasteiger partial charge in [0, 0.05) is 16.6 Å². The number of hydrogen-bond donors (Lipinski definition) is 0. The minimum Gasteiger partial charge on any atom is -0.465 e. The number of carbonyl (C=O) groups is 1. The number of carbonyl (C=O) groups excluding carboxylic acids is 1. The van der Waals surface area contributed by atoms with Gasteiger partial charge in [0.25, 0.3) is 0 Å². The third-order valence-electron chi connectivity index (χ3n) is 2.00. The van der Waals surface area contributed by atoms with Gasteiger partial charge >= 0.3 is 5.97 Å². The van der Waals surface area contributed by atoms with Crippen molar-refractivity contribution in [1.29, 1.82) is 0 Å². The van der Waals surface area contributed by atoms with Crippen molar-refractivity contribution in [3.8, 4) is 0 Å². The van der Waals surface area contributed by atoms with E-state index in [1.54, 1.807) is 18.3 Å². The van der Waals surface area contributed by atoms with Gasteiger partial charge in [0.2, 0.25) is 0 Å². The standard InChI is InChI=1S/C10H7ClN2O2/c1-15-10(14)7-2-6(11)3-9-8(7)4-12-5-13-9/h2-5H,1H3. The summed E-state index contributed by atoms with van der Waals surface area (Å²) in [4.78, 5) is 19.3. The number of ether oxygens (including phenoxy) is 1. The zero-order valence-corrected chi connectivity index (χ0v) is 8.65. The highest BCUT2D eigenvalue weighted by Gasteiger charge is 2.12. The van der Waals surface area contributed by atoms with Gasteiger partial charge in [0.15, 0.2) is 0 Å². The monoisotopic (exact) mass is 222 g/mol. The maximum absolute atomic E-state index is 11.4. The molecule has 0 unspecified atom stereocenters. The maximum Gasteiger partial charge on any atom is 0.338 e. The number of nitrogens with zero attached hydrogens (tertiary/aromatic N) is 2. The summed E-state index contributed by atoms with van der Waals surface area (Å²) in [6.07, 6.45) is 2.96. The molecule has 0 saturated heterocycles. The number of halogens is 1. The van der Waals surface area contributed by atoms with Crippen molar-refractivity contribution in [2.75, 3.05) is 7.11 Å². The fourth-order valence-electron chi connectivity index (χ4n) is 1.33. The van der Waals surface area contributed by atoms with Gasteiger partial charge in [0.05, 0.1) is 18.2 Å². The van der Waals surface area contributed by atoms with Gasteiger partial charge in [-0.15, -0.1) is 0 Å². The lowest BCUT2D eigenvalue weighted by Crippen LogP contribution is -2.02. The van der Waals surface area contributed by atoms with Crippen LogP contribution in [0.15, 0.2) is 24.7 Å². The Morgan fingerprint density at radius 2 is 2.27 bits per heavy atom. The molecule has 76 valence electrons. The molecule has 4 nitrogen and oxygen atoms in total. The molecule has 0 radical (unpaired) electrons. The van der Waals surface area contributed by atoms with Crippen LogP contribution in [0.3, 0.4) is 0 Å². The number of esters is 1. The minimum atomic E-state index is -0.447. The molecule has 0 fully saturated rings. The molecule has 0 N–H and O–H groups in total. The smallest absolute Gasteiger partial charge is 0.338 e. The predicted octanol–water partition coefficient (Wildman–Crippen LogP) is 2.07. The third kappa shape index (κ3) is 1.76. The van der Waals surface area contributed by atoms with Crippen LogP contribution in [0.4, 0.5) is 0 Å². The van der Waals surface area contributed by atoms with Gasteiger partial charge in [-0.05, 0) is 12.1 Å². The van der Waals surface area contributed by atoms with E-state index in [0.29, 0.717) is 21.5 Å². The van der Waals surface area contributed by atoms with Crippen molar-refractivity contribution in [2.45, 2.75) is 0 Å². The summed E-state index contributed by atoms with van der Waals surface area (Å²) in [5, 5.41) is 1.08. The van der Waals surface area contributed by atoms with Crippen molar-refractivity contribution in [2.24, 2.45) is 0 Å². The Kier molecular flexibility index (Phi) is 2.51. The SMILES string of the molecule is COC(=O)c1cc(Cl)cc2ncncc12. The van der Waals surface area contributed by atoms with Crippen LogP contribution in [0.2, 0.25) is 5.02 Å². The molecule has 2 aromatic rings. The van der Waals surface area contributed by atoms with E-state index in [0.717, 1.165) is 0 Å². The third-order valence-corrected chi connectivity index (χ3v) is 2.21. The first kappa shape index (κ1) is 9.86. The van der Waals surface area contributed by atoms with Gasteiger partial charge in [-0.3, -0.25) is 0 Å². The second-order valence-corrected chi connectivity index (χ2v) is 3.34. The second kappa shape index (κ2) is 3.82. The predicted molar refractivity (Wildman–Crippen MR) is 55.9 cm³/mol. The first-order valence-electron chi connectivity index (χ1n) is 4.20. The Balaban J connectivity index is 2.76. The van der Waals surface area contributed by atoms with Gasteiger partial charge < -0.3 is 4.74 Å². The van der Waals surface area contributed by atoms with E-state index in [1.807, 2.05) is 0 Å². The maximum atomic E-state index is 11.4. The van der Waals surface area contributed by atoms with E-state index in [1.165, 1.54) is 13.4 Å². The highest BCUT2D eigenvalue weighted by molar-refractivity contribution is 6.32. The molecule has 1 aromatic heterocycles. The van der Waals surface area contributed by atoms with Crippen LogP contribution in [0.25, 0.3) is 10.9 Å². The van der Waals surface area contributed by atoms with Crippen molar-refractivity contribution < 1.29 is 9.53 Å². The number of fused-ring (bicyclic) bond motifs is 1. The summed E-state index contributed by atoms with van der Waals surface area (Å²) in [7, 11) is 1.32. The normalized spacial score (nSPS) is 10.3. The Morgan fingerprint density at radius 1 is 1.47 bits per heavy atom. The van der Waals surface area contributed by atoms with Gasteiger partial charge in [-0.25, -0.2) is 14.8 Å². The fourth-order valence-corrected chi connectivity index (χ4v) is 1.54. The molecule has 1 aromatic carbocycles. The number of rotatable bonds is 1. The van der Waals surface area contributed by atoms with E-state index >= 15 is 0 Å². The summed E-state index contributed by atoms with van der Waals surface area (Å²) in [6.45, 7) is 0. The molecule has 0 aliphatic rings. The van der Waals surface area contributed by atoms with E-state index in [-0.39, 0.29) is 0 Å². The summed E-state index contributed by atoms with van der Waals surface area (Å²) in [6, 6.07) is 3.21. The van der Waals surface area contributed by atoms with Gasteiger partial charge in [-0.2, -0.15) is 0 Å². The first-order chi connectivity index (χ1) is 7.22. The van der Waals surface area contributed by atoms with E-state index in [4.69, 9.17) is 11.6 Å². The van der Waals surface area contributed by atoms with Crippen LogP contribution in [-0.2, 0) is 4.74 Å². The minimum absolute atomic E-state index is 0.376. The van der Waals surface area contributed by atoms with Crippen LogP contribution >= 0.6 is 11.6 Å². The van der Waals surface area contributed by atoms with E-state index in [2.05, 4.69) is 14.7 Å². The molecule has 0 aliphatic heterocycles. The van der Waals surface area contributed by atoms with E-state index in [9.17, 15) is 4.79 Å². The van der Waals surface area contributed by atoms with Gasteiger partial charge in [0.1, 0.15) is 6.33 Å². The van der Waals surface area contributed by atoms with Crippen LogP contribution in [0.1, 0.15) is 10.4 Å². The largest absolute Gasteiger partial charge is 0.465 e. The topological polar surface area (TPSA) is 52.1 Å². The first-order valence-corrected chi connectivity index (χ1v) is 4.58. The molecule has 15 heavy (non-hydrogen) atoms. The summed E-state index contributed by atoms with van der Waals surface area (Å²) in [5.41, 5.74) is 0.999. The fraction of sp³-hybridized carbons (Fsp3) is 0.100. The highest BCUT2D eigenvalue weighted by atomic mass is 35.5. The Morgan fingerprint density at radius 3 is 3.00 bits per heavy atom. The van der Waals surface area contributed by atoms with Crippen molar-refractivity contribution in [1.82, 2.24) is 9.97 Å². The Hall–Kier alpha value is -1.68. The van der Waals surface area contributed by atoms with Crippen LogP contribution in [-0.4, -0.2) is 23.0 Å². The molecule has 5 heteroatoms. The van der Waals surface area contributed by atoms with Crippen molar-refractivity contribution in [3.63, 3.8) is 0 Å². The number of aromatic nitrogens is 2. The molecular formula is C10H7ClN2O2. The number of hydrogen-bond acceptors (Lipinski definition) is 4. The second-order valence-electron chi connectivity index (χ2n) is 2.90. The average Bonchev–Trinajstić information content (AvgIpc) is 2.26. The quantitative estimate of drug-likeness (QED) is 0.693. The lowest BCUT2D eigenvalue weighted by molar-refractivity contribution is 0.0603. The van der Waals surface area contributed by atoms with Crippen molar-refractivity contribution >= 4 is 28.5 Å². The molecule has 0 aliphatic carbocycles. The number of methoxy groups -OCH3 is 1. The van der Waals surface area contributed by atoms with Crippen molar-refractivity contribution in [3.05, 3.63) is 35.2 Å². The lowest BCUT2D eigenvalue weighted by Gasteiger charge is -2.04. The molecule has 0 atom stereocenters. The molecule has 0 amide bonds. The summed E-state index contributed by atoms with van der Waals surface area (Å²) in [5.74, 6) is -0.447. The average molecular weight is 223 g/mol. The molecule has 2 rings (SSSR count). The molecule has 0 saturated carbocycles. The molecule has 1 heterocycles. The Bertz CT molecular complexity index is 528. The summed E-state index contributed by atoms with van der Waals surface area (Å²) >= 11 is 5.86. The molecule has 0 bridgehead atoms. The molecule has 0 spiro atoms. The summed E-state index contributed by atoms with van der Waals surface area (Å²) < 4.78 is 4.65. The van der Waals surface area contributed by atoms with Crippen LogP contribution in [0, 0.1) is 0 Å². The van der Waals surface area contributed by atoms with E-state index < -0.39 is 5.97 Å².